The zero-order valence-corrected chi connectivity index (χ0v) is 21.8. The van der Waals surface area contributed by atoms with E-state index in [-0.39, 0.29) is 17.9 Å². The lowest BCUT2D eigenvalue weighted by atomic mass is 9.91. The van der Waals surface area contributed by atoms with Crippen LogP contribution in [0.5, 0.6) is 0 Å². The molecule has 1 saturated heterocycles. The number of fused-ring (bicyclic) bond motifs is 3. The van der Waals surface area contributed by atoms with E-state index < -0.39 is 5.54 Å². The van der Waals surface area contributed by atoms with E-state index in [1.165, 1.54) is 25.7 Å². The highest BCUT2D eigenvalue weighted by Gasteiger charge is 2.48. The number of aromatic nitrogens is 1. The molecule has 1 aromatic carbocycles. The highest BCUT2D eigenvalue weighted by Crippen LogP contribution is 2.33. The molecular weight excluding hydrogens is 436 g/mol. The Hall–Kier alpha value is -2.34. The van der Waals surface area contributed by atoms with Gasteiger partial charge in [-0.05, 0) is 63.1 Å². The summed E-state index contributed by atoms with van der Waals surface area (Å²) < 4.78 is 2.07. The van der Waals surface area contributed by atoms with Gasteiger partial charge in [0.25, 0.3) is 5.91 Å². The normalized spacial score (nSPS) is 28.3. The average Bonchev–Trinajstić information content (AvgIpc) is 3.20. The van der Waals surface area contributed by atoms with Crippen LogP contribution in [0.2, 0.25) is 0 Å². The first-order valence-electron chi connectivity index (χ1n) is 13.8. The van der Waals surface area contributed by atoms with Crippen LogP contribution in [0.15, 0.2) is 30.3 Å². The van der Waals surface area contributed by atoms with E-state index in [1.807, 2.05) is 30.0 Å². The topological polar surface area (TPSA) is 57.6 Å². The number of likely N-dealkylation sites (tertiary alicyclic amines) is 1. The van der Waals surface area contributed by atoms with Gasteiger partial charge in [-0.3, -0.25) is 9.59 Å². The number of carbonyl (C=O) groups is 2. The van der Waals surface area contributed by atoms with E-state index in [0.29, 0.717) is 18.8 Å². The number of piperidine rings is 1. The second-order valence-electron chi connectivity index (χ2n) is 11.8. The van der Waals surface area contributed by atoms with Gasteiger partial charge in [0.05, 0.1) is 6.54 Å². The number of hydrogen-bond donors (Lipinski definition) is 1. The number of nitrogens with one attached hydrogen (secondary N) is 1. The first-order valence-corrected chi connectivity index (χ1v) is 13.8. The van der Waals surface area contributed by atoms with Crippen LogP contribution in [-0.2, 0) is 11.3 Å². The molecule has 0 spiro atoms. The number of nitrogens with zero attached hydrogens (tertiary/aromatic N) is 3. The Morgan fingerprint density at radius 3 is 2.51 bits per heavy atom. The fourth-order valence-electron chi connectivity index (χ4n) is 6.87. The monoisotopic (exact) mass is 478 g/mol. The third-order valence-corrected chi connectivity index (χ3v) is 8.57. The third kappa shape index (κ3) is 4.87. The summed E-state index contributed by atoms with van der Waals surface area (Å²) in [5.74, 6) is 1.42. The summed E-state index contributed by atoms with van der Waals surface area (Å²) in [6, 6.07) is 10.3. The Balaban J connectivity index is 1.38. The van der Waals surface area contributed by atoms with E-state index in [4.69, 9.17) is 0 Å². The summed E-state index contributed by atoms with van der Waals surface area (Å²) in [5.41, 5.74) is 0.837. The second-order valence-corrected chi connectivity index (χ2v) is 11.8. The maximum absolute atomic E-state index is 13.9. The Kier molecular flexibility index (Phi) is 6.93. The standard InChI is InChI=1S/C29H42N4O2/c1-21-16-22(2)19-31(18-21)14-9-15-33-27(34)26-17-23-10-7-8-13-25(23)32(26)20-29(33,3)28(35)30-24-11-5-4-6-12-24/h7-8,10,13,17,21-22,24H,4-6,9,11-12,14-16,18-20H2,1-3H3,(H,30,35)/t21-,22-,29+/m1/s1. The molecule has 0 bridgehead atoms. The number of benzene rings is 1. The summed E-state index contributed by atoms with van der Waals surface area (Å²) in [5, 5.41) is 4.40. The van der Waals surface area contributed by atoms with Gasteiger partial charge in [0.2, 0.25) is 5.91 Å². The van der Waals surface area contributed by atoms with Crippen molar-refractivity contribution >= 4 is 22.7 Å². The first kappa shape index (κ1) is 24.4. The molecule has 5 rings (SSSR count). The summed E-state index contributed by atoms with van der Waals surface area (Å²) in [4.78, 5) is 32.2. The highest BCUT2D eigenvalue weighted by atomic mass is 16.2. The van der Waals surface area contributed by atoms with Gasteiger partial charge >= 0.3 is 0 Å². The van der Waals surface area contributed by atoms with E-state index in [1.54, 1.807) is 0 Å². The molecule has 6 heteroatoms. The molecule has 1 saturated carbocycles. The molecule has 2 aromatic rings. The average molecular weight is 479 g/mol. The van der Waals surface area contributed by atoms with Crippen LogP contribution < -0.4 is 5.32 Å². The molecule has 1 N–H and O–H groups in total. The van der Waals surface area contributed by atoms with Gasteiger partial charge in [-0.1, -0.05) is 51.3 Å². The molecule has 2 amide bonds. The Bertz CT molecular complexity index is 1060. The van der Waals surface area contributed by atoms with Crippen LogP contribution in [0.25, 0.3) is 10.9 Å². The lowest BCUT2D eigenvalue weighted by Crippen LogP contribution is -2.65. The van der Waals surface area contributed by atoms with Crippen molar-refractivity contribution in [2.45, 2.75) is 83.8 Å². The molecule has 35 heavy (non-hydrogen) atoms. The zero-order chi connectivity index (χ0) is 24.6. The Morgan fingerprint density at radius 1 is 1.06 bits per heavy atom. The van der Waals surface area contributed by atoms with Crippen molar-refractivity contribution in [3.05, 3.63) is 36.0 Å². The summed E-state index contributed by atoms with van der Waals surface area (Å²) in [7, 11) is 0. The predicted octanol–water partition coefficient (Wildman–Crippen LogP) is 4.67. The van der Waals surface area contributed by atoms with Crippen molar-refractivity contribution < 1.29 is 9.59 Å². The van der Waals surface area contributed by atoms with Crippen molar-refractivity contribution in [1.29, 1.82) is 0 Å². The van der Waals surface area contributed by atoms with Gasteiger partial charge in [0.15, 0.2) is 0 Å². The Labute approximate surface area is 210 Å². The van der Waals surface area contributed by atoms with Crippen LogP contribution in [0.1, 0.15) is 76.2 Å². The zero-order valence-electron chi connectivity index (χ0n) is 21.8. The van der Waals surface area contributed by atoms with Gasteiger partial charge in [0, 0.05) is 36.6 Å². The predicted molar refractivity (Wildman–Crippen MR) is 140 cm³/mol. The van der Waals surface area contributed by atoms with E-state index in [2.05, 4.69) is 40.8 Å². The first-order chi connectivity index (χ1) is 16.8. The molecule has 190 valence electrons. The van der Waals surface area contributed by atoms with Crippen LogP contribution in [-0.4, -0.2) is 63.9 Å². The second kappa shape index (κ2) is 9.96. The Morgan fingerprint density at radius 2 is 1.77 bits per heavy atom. The van der Waals surface area contributed by atoms with Gasteiger partial charge in [-0.25, -0.2) is 0 Å². The van der Waals surface area contributed by atoms with Crippen molar-refractivity contribution in [2.24, 2.45) is 11.8 Å². The minimum Gasteiger partial charge on any atom is -0.351 e. The lowest BCUT2D eigenvalue weighted by molar-refractivity contribution is -0.133. The molecule has 3 heterocycles. The van der Waals surface area contributed by atoms with Crippen molar-refractivity contribution in [3.8, 4) is 0 Å². The fraction of sp³-hybridized carbons (Fsp3) is 0.655. The number of carbonyl (C=O) groups excluding carboxylic acids is 2. The summed E-state index contributed by atoms with van der Waals surface area (Å²) >= 11 is 0. The quantitative estimate of drug-likeness (QED) is 0.656. The van der Waals surface area contributed by atoms with Gasteiger partial charge in [-0.2, -0.15) is 0 Å². The van der Waals surface area contributed by atoms with Gasteiger partial charge < -0.3 is 19.7 Å². The molecular formula is C29H42N4O2. The fourth-order valence-corrected chi connectivity index (χ4v) is 6.87. The molecule has 1 aliphatic carbocycles. The molecule has 0 radical (unpaired) electrons. The van der Waals surface area contributed by atoms with Gasteiger partial charge in [-0.15, -0.1) is 0 Å². The van der Waals surface area contributed by atoms with Crippen LogP contribution in [0, 0.1) is 11.8 Å². The molecule has 3 aliphatic rings. The number of para-hydroxylation sites is 1. The number of amides is 2. The third-order valence-electron chi connectivity index (χ3n) is 8.57. The molecule has 3 atom stereocenters. The largest absolute Gasteiger partial charge is 0.351 e. The lowest BCUT2D eigenvalue weighted by Gasteiger charge is -2.45. The van der Waals surface area contributed by atoms with E-state index >= 15 is 0 Å². The van der Waals surface area contributed by atoms with Crippen LogP contribution in [0.4, 0.5) is 0 Å². The van der Waals surface area contributed by atoms with Crippen LogP contribution in [0.3, 0.4) is 0 Å². The SMILES string of the molecule is C[C@@H]1C[C@@H](C)CN(CCCN2C(=O)c3cc4ccccc4n3C[C@@]2(C)C(=O)NC2CCCCC2)C1. The highest BCUT2D eigenvalue weighted by molar-refractivity contribution is 6.03. The maximum atomic E-state index is 13.9. The van der Waals surface area contributed by atoms with Crippen molar-refractivity contribution in [3.63, 3.8) is 0 Å². The maximum Gasteiger partial charge on any atom is 0.271 e. The molecule has 0 unspecified atom stereocenters. The van der Waals surface area contributed by atoms with E-state index in [9.17, 15) is 9.59 Å². The smallest absolute Gasteiger partial charge is 0.271 e. The molecule has 2 aliphatic heterocycles. The van der Waals surface area contributed by atoms with Crippen LogP contribution >= 0.6 is 0 Å². The van der Waals surface area contributed by atoms with Gasteiger partial charge in [0.1, 0.15) is 11.2 Å². The molecule has 1 aromatic heterocycles. The van der Waals surface area contributed by atoms with Crippen molar-refractivity contribution in [2.75, 3.05) is 26.2 Å². The minimum atomic E-state index is -0.897. The molecule has 6 nitrogen and oxygen atoms in total. The van der Waals surface area contributed by atoms with Crippen molar-refractivity contribution in [1.82, 2.24) is 19.7 Å². The minimum absolute atomic E-state index is 0.00129. The van der Waals surface area contributed by atoms with E-state index in [0.717, 1.165) is 61.6 Å². The number of hydrogen-bond acceptors (Lipinski definition) is 3. The summed E-state index contributed by atoms with van der Waals surface area (Å²) in [6.07, 6.45) is 7.85. The molecule has 2 fully saturated rings. The number of rotatable bonds is 6. The summed E-state index contributed by atoms with van der Waals surface area (Å²) in [6.45, 7) is 11.0.